The van der Waals surface area contributed by atoms with Gasteiger partial charge in [-0.2, -0.15) is 5.10 Å². The molecular formula is C32H31BrN6O3. The lowest BCUT2D eigenvalue weighted by atomic mass is 10.1. The molecule has 5 rings (SSSR count). The maximum absolute atomic E-state index is 13.1. The molecular weight excluding hydrogens is 596 g/mol. The monoisotopic (exact) mass is 626 g/mol. The summed E-state index contributed by atoms with van der Waals surface area (Å²) in [5, 5.41) is 6.93. The van der Waals surface area contributed by atoms with Gasteiger partial charge in [0.15, 0.2) is 0 Å². The van der Waals surface area contributed by atoms with Crippen molar-refractivity contribution in [3.8, 4) is 5.75 Å². The first kappa shape index (κ1) is 29.0. The molecule has 0 bridgehead atoms. The minimum absolute atomic E-state index is 0.280. The zero-order valence-electron chi connectivity index (χ0n) is 23.2. The van der Waals surface area contributed by atoms with Crippen LogP contribution >= 0.6 is 15.9 Å². The van der Waals surface area contributed by atoms with Gasteiger partial charge in [-0.05, 0) is 65.7 Å². The summed E-state index contributed by atoms with van der Waals surface area (Å²) in [6, 6.07) is 26.0. The topological polar surface area (TPSA) is 99.2 Å². The second-order valence-electron chi connectivity index (χ2n) is 9.77. The van der Waals surface area contributed by atoms with Crippen LogP contribution in [0.2, 0.25) is 0 Å². The van der Waals surface area contributed by atoms with Gasteiger partial charge in [-0.15, -0.1) is 0 Å². The van der Waals surface area contributed by atoms with E-state index in [4.69, 9.17) is 4.74 Å². The molecule has 0 atom stereocenters. The van der Waals surface area contributed by atoms with Gasteiger partial charge in [0.05, 0.1) is 24.6 Å². The number of nitrogens with zero attached hydrogens (tertiary/aromatic N) is 4. The Morgan fingerprint density at radius 1 is 0.952 bits per heavy atom. The van der Waals surface area contributed by atoms with E-state index in [1.165, 1.54) is 6.21 Å². The van der Waals surface area contributed by atoms with Crippen molar-refractivity contribution in [2.24, 2.45) is 5.10 Å². The minimum Gasteiger partial charge on any atom is -0.497 e. The summed E-state index contributed by atoms with van der Waals surface area (Å²) < 4.78 is 5.91. The van der Waals surface area contributed by atoms with E-state index in [2.05, 4.69) is 46.6 Å². The van der Waals surface area contributed by atoms with Crippen LogP contribution in [0.3, 0.4) is 0 Å². The third-order valence-corrected chi connectivity index (χ3v) is 7.41. The normalized spacial score (nSPS) is 13.6. The van der Waals surface area contributed by atoms with Crippen LogP contribution in [0, 0.1) is 0 Å². The van der Waals surface area contributed by atoms with E-state index in [9.17, 15) is 9.59 Å². The number of piperazine rings is 1. The molecule has 4 aromatic rings. The summed E-state index contributed by atoms with van der Waals surface area (Å²) in [7, 11) is 1.59. The van der Waals surface area contributed by atoms with Crippen LogP contribution < -0.4 is 20.4 Å². The van der Waals surface area contributed by atoms with Crippen LogP contribution in [0.4, 0.5) is 11.5 Å². The first-order valence-electron chi connectivity index (χ1n) is 13.5. The summed E-state index contributed by atoms with van der Waals surface area (Å²) in [6.45, 7) is 4.54. The van der Waals surface area contributed by atoms with Gasteiger partial charge in [-0.25, -0.2) is 10.4 Å². The molecule has 0 radical (unpaired) electrons. The fraction of sp³-hybridized carbons (Fsp3) is 0.188. The van der Waals surface area contributed by atoms with Gasteiger partial charge in [0.1, 0.15) is 11.6 Å². The Balaban J connectivity index is 1.17. The molecule has 10 heteroatoms. The Hall–Kier alpha value is -4.54. The van der Waals surface area contributed by atoms with Gasteiger partial charge in [-0.1, -0.05) is 46.3 Å². The van der Waals surface area contributed by atoms with Crippen molar-refractivity contribution in [3.05, 3.63) is 118 Å². The van der Waals surface area contributed by atoms with E-state index in [1.807, 2.05) is 66.9 Å². The van der Waals surface area contributed by atoms with E-state index in [0.717, 1.165) is 49.7 Å². The molecule has 0 spiro atoms. The van der Waals surface area contributed by atoms with Crippen molar-refractivity contribution < 1.29 is 14.3 Å². The Labute approximate surface area is 253 Å². The van der Waals surface area contributed by atoms with E-state index in [0.29, 0.717) is 21.5 Å². The number of amides is 2. The molecule has 214 valence electrons. The number of hydrogen-bond donors (Lipinski definition) is 2. The van der Waals surface area contributed by atoms with Crippen molar-refractivity contribution >= 4 is 45.5 Å². The number of hydrogen-bond acceptors (Lipinski definition) is 7. The zero-order chi connectivity index (χ0) is 29.3. The summed E-state index contributed by atoms with van der Waals surface area (Å²) in [4.78, 5) is 35.2. The second kappa shape index (κ2) is 13.9. The predicted octanol–water partition coefficient (Wildman–Crippen LogP) is 5.19. The van der Waals surface area contributed by atoms with Gasteiger partial charge in [0.2, 0.25) is 0 Å². The second-order valence-corrected chi connectivity index (χ2v) is 10.7. The number of aromatic nitrogens is 1. The van der Waals surface area contributed by atoms with Gasteiger partial charge in [-0.3, -0.25) is 14.5 Å². The Morgan fingerprint density at radius 3 is 2.50 bits per heavy atom. The first-order chi connectivity index (χ1) is 20.5. The van der Waals surface area contributed by atoms with Gasteiger partial charge >= 0.3 is 0 Å². The summed E-state index contributed by atoms with van der Waals surface area (Å²) in [6.07, 6.45) is 3.35. The van der Waals surface area contributed by atoms with Crippen LogP contribution in [0.1, 0.15) is 31.8 Å². The summed E-state index contributed by atoms with van der Waals surface area (Å²) >= 11 is 3.41. The van der Waals surface area contributed by atoms with Crippen molar-refractivity contribution in [2.45, 2.75) is 6.54 Å². The molecule has 2 N–H and O–H groups in total. The molecule has 1 aliphatic rings. The lowest BCUT2D eigenvalue weighted by Gasteiger charge is -2.35. The first-order valence-corrected chi connectivity index (χ1v) is 14.3. The highest BCUT2D eigenvalue weighted by Gasteiger charge is 2.19. The zero-order valence-corrected chi connectivity index (χ0v) is 24.8. The average Bonchev–Trinajstić information content (AvgIpc) is 3.03. The largest absolute Gasteiger partial charge is 0.497 e. The maximum atomic E-state index is 13.1. The van der Waals surface area contributed by atoms with Gasteiger partial charge < -0.3 is 15.0 Å². The van der Waals surface area contributed by atoms with Crippen molar-refractivity contribution in [3.63, 3.8) is 0 Å². The number of halogens is 1. The predicted molar refractivity (Wildman–Crippen MR) is 168 cm³/mol. The fourth-order valence-corrected chi connectivity index (χ4v) is 5.01. The SMILES string of the molecule is COc1cccc(C=NNC(=O)c2cc(Br)ccc2NC(=O)c2ccc(CN3CCN(c4ccccn4)CC3)cc2)c1. The molecule has 0 saturated carbocycles. The van der Waals surface area contributed by atoms with Crippen molar-refractivity contribution in [2.75, 3.05) is 43.5 Å². The van der Waals surface area contributed by atoms with Crippen LogP contribution in [-0.2, 0) is 6.54 Å². The highest BCUT2D eigenvalue weighted by Crippen LogP contribution is 2.22. The van der Waals surface area contributed by atoms with Gasteiger partial charge in [0.25, 0.3) is 11.8 Å². The molecule has 42 heavy (non-hydrogen) atoms. The highest BCUT2D eigenvalue weighted by atomic mass is 79.9. The number of nitrogens with one attached hydrogen (secondary N) is 2. The van der Waals surface area contributed by atoms with Crippen LogP contribution in [0.25, 0.3) is 0 Å². The third-order valence-electron chi connectivity index (χ3n) is 6.92. The van der Waals surface area contributed by atoms with Crippen LogP contribution in [-0.4, -0.2) is 61.2 Å². The molecule has 2 amide bonds. The summed E-state index contributed by atoms with van der Waals surface area (Å²) in [5.74, 6) is 0.945. The number of pyridine rings is 1. The average molecular weight is 628 g/mol. The molecule has 1 fully saturated rings. The Morgan fingerprint density at radius 2 is 1.76 bits per heavy atom. The Kier molecular flexibility index (Phi) is 9.58. The highest BCUT2D eigenvalue weighted by molar-refractivity contribution is 9.10. The number of hydrazone groups is 1. The number of anilines is 2. The van der Waals surface area contributed by atoms with E-state index in [1.54, 1.807) is 31.4 Å². The number of carbonyl (C=O) groups excluding carboxylic acids is 2. The molecule has 0 unspecified atom stereocenters. The lowest BCUT2D eigenvalue weighted by molar-refractivity contribution is 0.0956. The van der Waals surface area contributed by atoms with E-state index >= 15 is 0 Å². The number of rotatable bonds is 9. The summed E-state index contributed by atoms with van der Waals surface area (Å²) in [5.41, 5.74) is 5.60. The van der Waals surface area contributed by atoms with Crippen molar-refractivity contribution in [1.29, 1.82) is 0 Å². The number of methoxy groups -OCH3 is 1. The lowest BCUT2D eigenvalue weighted by Crippen LogP contribution is -2.46. The third kappa shape index (κ3) is 7.59. The number of ether oxygens (including phenoxy) is 1. The standard InChI is InChI=1S/C32H31BrN6O3/c1-42-27-6-4-5-24(19-27)21-35-37-32(41)28-20-26(33)12-13-29(28)36-31(40)25-10-8-23(9-11-25)22-38-15-17-39(18-16-38)30-7-2-3-14-34-30/h2-14,19-21H,15-18,22H2,1H3,(H,36,40)(H,37,41). The molecule has 1 aliphatic heterocycles. The number of carbonyl (C=O) groups is 2. The van der Waals surface area contributed by atoms with Crippen molar-refractivity contribution in [1.82, 2.24) is 15.3 Å². The van der Waals surface area contributed by atoms with Gasteiger partial charge in [0, 0.05) is 49.0 Å². The fourth-order valence-electron chi connectivity index (χ4n) is 4.65. The molecule has 2 heterocycles. The molecule has 1 saturated heterocycles. The molecule has 3 aromatic carbocycles. The Bertz CT molecular complexity index is 1550. The maximum Gasteiger partial charge on any atom is 0.273 e. The van der Waals surface area contributed by atoms with Crippen LogP contribution in [0.5, 0.6) is 5.75 Å². The van der Waals surface area contributed by atoms with E-state index < -0.39 is 5.91 Å². The van der Waals surface area contributed by atoms with E-state index in [-0.39, 0.29) is 11.5 Å². The smallest absolute Gasteiger partial charge is 0.273 e. The number of benzene rings is 3. The molecule has 0 aliphatic carbocycles. The minimum atomic E-state index is -0.454. The van der Waals surface area contributed by atoms with Crippen LogP contribution in [0.15, 0.2) is 101 Å². The molecule has 1 aromatic heterocycles. The molecule has 9 nitrogen and oxygen atoms in total. The quantitative estimate of drug-likeness (QED) is 0.196.